The van der Waals surface area contributed by atoms with Gasteiger partial charge in [0.2, 0.25) is 5.78 Å². The van der Waals surface area contributed by atoms with Crippen LogP contribution >= 0.6 is 11.3 Å². The Balaban J connectivity index is 2.39. The second kappa shape index (κ2) is 3.10. The zero-order valence-electron chi connectivity index (χ0n) is 6.97. The van der Waals surface area contributed by atoms with E-state index in [1.54, 1.807) is 35.7 Å². The van der Waals surface area contributed by atoms with E-state index in [1.165, 1.54) is 11.3 Å². The molecule has 0 atom stereocenters. The molecule has 0 saturated heterocycles. The number of aromatic nitrogens is 3. The summed E-state index contributed by atoms with van der Waals surface area (Å²) in [5.74, 6) is -0.0255. The van der Waals surface area contributed by atoms with Crippen LogP contribution in [0.15, 0.2) is 24.0 Å². The first-order valence-corrected chi connectivity index (χ1v) is 4.58. The minimum atomic E-state index is -0.0255. The van der Waals surface area contributed by atoms with Crippen molar-refractivity contribution >= 4 is 17.1 Å². The van der Waals surface area contributed by atoms with E-state index >= 15 is 0 Å². The number of rotatable bonds is 2. The summed E-state index contributed by atoms with van der Waals surface area (Å²) in [6.45, 7) is 0. The summed E-state index contributed by atoms with van der Waals surface area (Å²) in [5, 5.41) is 3.93. The van der Waals surface area contributed by atoms with E-state index in [0.29, 0.717) is 10.6 Å². The highest BCUT2D eigenvalue weighted by Gasteiger charge is 2.13. The Morgan fingerprint density at radius 1 is 1.62 bits per heavy atom. The van der Waals surface area contributed by atoms with E-state index in [1.807, 2.05) is 0 Å². The van der Waals surface area contributed by atoms with Gasteiger partial charge in [-0.2, -0.15) is 5.10 Å². The molecule has 66 valence electrons. The van der Waals surface area contributed by atoms with Gasteiger partial charge in [0.05, 0.1) is 10.4 Å². The molecular formula is C8H7N3OS. The van der Waals surface area contributed by atoms with Crippen molar-refractivity contribution in [3.63, 3.8) is 0 Å². The van der Waals surface area contributed by atoms with Gasteiger partial charge in [-0.05, 0) is 6.07 Å². The first-order valence-electron chi connectivity index (χ1n) is 3.70. The Morgan fingerprint density at radius 3 is 3.00 bits per heavy atom. The molecule has 0 amide bonds. The van der Waals surface area contributed by atoms with Gasteiger partial charge < -0.3 is 0 Å². The largest absolute Gasteiger partial charge is 0.286 e. The maximum Gasteiger partial charge on any atom is 0.222 e. The van der Waals surface area contributed by atoms with Gasteiger partial charge in [-0.1, -0.05) is 0 Å². The second-order valence-electron chi connectivity index (χ2n) is 2.53. The molecule has 0 bridgehead atoms. The zero-order valence-corrected chi connectivity index (χ0v) is 7.78. The topological polar surface area (TPSA) is 47.8 Å². The van der Waals surface area contributed by atoms with Crippen molar-refractivity contribution in [2.45, 2.75) is 0 Å². The molecule has 0 saturated carbocycles. The Hall–Kier alpha value is -1.49. The third-order valence-corrected chi connectivity index (χ3v) is 2.48. The predicted octanol–water partition coefficient (Wildman–Crippen LogP) is 1.11. The predicted molar refractivity (Wildman–Crippen MR) is 48.8 cm³/mol. The van der Waals surface area contributed by atoms with Crippen molar-refractivity contribution in [1.29, 1.82) is 0 Å². The number of hydrogen-bond acceptors (Lipinski definition) is 4. The van der Waals surface area contributed by atoms with Crippen molar-refractivity contribution in [3.05, 3.63) is 34.5 Å². The third-order valence-electron chi connectivity index (χ3n) is 1.71. The fourth-order valence-electron chi connectivity index (χ4n) is 1.05. The molecule has 0 radical (unpaired) electrons. The highest BCUT2D eigenvalue weighted by Crippen LogP contribution is 2.11. The van der Waals surface area contributed by atoms with E-state index in [4.69, 9.17) is 0 Å². The molecule has 13 heavy (non-hydrogen) atoms. The van der Waals surface area contributed by atoms with Crippen molar-refractivity contribution in [1.82, 2.24) is 14.8 Å². The van der Waals surface area contributed by atoms with E-state index in [9.17, 15) is 4.79 Å². The van der Waals surface area contributed by atoms with Crippen LogP contribution in [0.25, 0.3) is 0 Å². The van der Waals surface area contributed by atoms with Crippen molar-refractivity contribution < 1.29 is 4.79 Å². The van der Waals surface area contributed by atoms with Crippen LogP contribution in [0.3, 0.4) is 0 Å². The molecule has 2 heterocycles. The standard InChI is InChI=1S/C8H7N3OS/c1-11-6(2-3-10-11)8(12)7-4-9-5-13-7/h2-5H,1H3. The van der Waals surface area contributed by atoms with Gasteiger partial charge >= 0.3 is 0 Å². The summed E-state index contributed by atoms with van der Waals surface area (Å²) in [6.07, 6.45) is 3.17. The second-order valence-corrected chi connectivity index (χ2v) is 3.42. The van der Waals surface area contributed by atoms with Gasteiger partial charge in [-0.15, -0.1) is 11.3 Å². The van der Waals surface area contributed by atoms with Crippen molar-refractivity contribution in [3.8, 4) is 0 Å². The van der Waals surface area contributed by atoms with Crippen LogP contribution in [0, 0.1) is 0 Å². The average molecular weight is 193 g/mol. The Kier molecular flexibility index (Phi) is 1.94. The highest BCUT2D eigenvalue weighted by molar-refractivity contribution is 7.11. The van der Waals surface area contributed by atoms with Crippen LogP contribution in [-0.2, 0) is 7.05 Å². The molecule has 0 unspecified atom stereocenters. The lowest BCUT2D eigenvalue weighted by atomic mass is 10.2. The number of carbonyl (C=O) groups excluding carboxylic acids is 1. The van der Waals surface area contributed by atoms with E-state index < -0.39 is 0 Å². The van der Waals surface area contributed by atoms with Crippen LogP contribution in [0.5, 0.6) is 0 Å². The van der Waals surface area contributed by atoms with Crippen LogP contribution in [0.1, 0.15) is 15.4 Å². The Labute approximate surface area is 78.8 Å². The summed E-state index contributed by atoms with van der Waals surface area (Å²) in [6, 6.07) is 1.70. The minimum Gasteiger partial charge on any atom is -0.286 e. The summed E-state index contributed by atoms with van der Waals surface area (Å²) in [4.78, 5) is 16.2. The molecule has 0 aliphatic rings. The van der Waals surface area contributed by atoms with E-state index in [2.05, 4.69) is 10.1 Å². The van der Waals surface area contributed by atoms with Crippen LogP contribution in [-0.4, -0.2) is 20.5 Å². The number of aryl methyl sites for hydroxylation is 1. The minimum absolute atomic E-state index is 0.0255. The van der Waals surface area contributed by atoms with E-state index in [-0.39, 0.29) is 5.78 Å². The highest BCUT2D eigenvalue weighted by atomic mass is 32.1. The lowest BCUT2D eigenvalue weighted by Crippen LogP contribution is -2.06. The number of hydrogen-bond donors (Lipinski definition) is 0. The molecule has 0 aliphatic carbocycles. The number of thiazole rings is 1. The van der Waals surface area contributed by atoms with Gasteiger partial charge in [0.25, 0.3) is 0 Å². The molecule has 5 heteroatoms. The molecular weight excluding hydrogens is 186 g/mol. The number of carbonyl (C=O) groups is 1. The van der Waals surface area contributed by atoms with Crippen LogP contribution in [0.4, 0.5) is 0 Å². The van der Waals surface area contributed by atoms with Gasteiger partial charge in [0.15, 0.2) is 0 Å². The quantitative estimate of drug-likeness (QED) is 0.671. The molecule has 4 nitrogen and oxygen atoms in total. The van der Waals surface area contributed by atoms with E-state index in [0.717, 1.165) is 0 Å². The molecule has 2 aromatic heterocycles. The number of nitrogens with zero attached hydrogens (tertiary/aromatic N) is 3. The summed E-state index contributed by atoms with van der Waals surface area (Å²) < 4.78 is 1.56. The van der Waals surface area contributed by atoms with Gasteiger partial charge in [0.1, 0.15) is 5.69 Å². The summed E-state index contributed by atoms with van der Waals surface area (Å²) in [5.41, 5.74) is 2.23. The van der Waals surface area contributed by atoms with Crippen molar-refractivity contribution in [2.24, 2.45) is 7.05 Å². The fraction of sp³-hybridized carbons (Fsp3) is 0.125. The fourth-order valence-corrected chi connectivity index (χ4v) is 1.62. The number of ketones is 1. The molecule has 0 N–H and O–H groups in total. The lowest BCUT2D eigenvalue weighted by molar-refractivity contribution is 0.103. The molecule has 0 aliphatic heterocycles. The SMILES string of the molecule is Cn1nccc1C(=O)c1cncs1. The molecule has 0 aromatic carbocycles. The van der Waals surface area contributed by atoms with Gasteiger partial charge in [-0.25, -0.2) is 0 Å². The molecule has 0 fully saturated rings. The van der Waals surface area contributed by atoms with Gasteiger partial charge in [-0.3, -0.25) is 14.5 Å². The van der Waals surface area contributed by atoms with Crippen LogP contribution < -0.4 is 0 Å². The van der Waals surface area contributed by atoms with Crippen LogP contribution in [0.2, 0.25) is 0 Å². The first-order chi connectivity index (χ1) is 6.29. The Bertz CT molecular complexity index is 418. The smallest absolute Gasteiger partial charge is 0.222 e. The maximum absolute atomic E-state index is 11.7. The zero-order chi connectivity index (χ0) is 9.26. The molecule has 2 aromatic rings. The normalized spacial score (nSPS) is 10.2. The maximum atomic E-state index is 11.7. The average Bonchev–Trinajstić information content (AvgIpc) is 2.72. The summed E-state index contributed by atoms with van der Waals surface area (Å²) in [7, 11) is 1.74. The lowest BCUT2D eigenvalue weighted by Gasteiger charge is -1.96. The molecule has 2 rings (SSSR count). The first kappa shape index (κ1) is 8.12. The summed E-state index contributed by atoms with van der Waals surface area (Å²) >= 11 is 1.34. The molecule has 0 spiro atoms. The Morgan fingerprint density at radius 2 is 2.46 bits per heavy atom. The third kappa shape index (κ3) is 1.38. The van der Waals surface area contributed by atoms with Gasteiger partial charge in [0, 0.05) is 19.4 Å². The van der Waals surface area contributed by atoms with Crippen molar-refractivity contribution in [2.75, 3.05) is 0 Å². The monoisotopic (exact) mass is 193 g/mol.